The third kappa shape index (κ3) is 3.57. The number of hydrogen-bond acceptors (Lipinski definition) is 3. The quantitative estimate of drug-likeness (QED) is 0.824. The van der Waals surface area contributed by atoms with Crippen molar-refractivity contribution >= 4 is 11.8 Å². The van der Waals surface area contributed by atoms with Crippen LogP contribution in [0.1, 0.15) is 18.7 Å². The fraction of sp³-hybridized carbons (Fsp3) is 0.385. The van der Waals surface area contributed by atoms with Gasteiger partial charge < -0.3 is 10.8 Å². The Hall–Kier alpha value is -1.82. The number of carbonyl (C=O) groups excluding carboxylic acids is 1. The molecule has 0 saturated carbocycles. The van der Waals surface area contributed by atoms with Gasteiger partial charge in [-0.05, 0) is 12.5 Å². The first kappa shape index (κ1) is 15.2. The molecule has 0 bridgehead atoms. The minimum Gasteiger partial charge on any atom is -0.481 e. The third-order valence-corrected chi connectivity index (χ3v) is 2.86. The standard InChI is InChI=1S/C13H15F2NO3/c1-7(13(18)19)9(14)12(17)11(16)10(15)8-5-3-2-4-6-8/h2-7,9-11H,16H2,1H3,(H,18,19). The molecule has 0 saturated heterocycles. The van der Waals surface area contributed by atoms with E-state index in [1.54, 1.807) is 18.2 Å². The van der Waals surface area contributed by atoms with E-state index in [1.165, 1.54) is 12.1 Å². The number of hydrogen-bond donors (Lipinski definition) is 2. The van der Waals surface area contributed by atoms with Crippen LogP contribution in [-0.2, 0) is 9.59 Å². The van der Waals surface area contributed by atoms with Gasteiger partial charge in [-0.2, -0.15) is 0 Å². The number of rotatable bonds is 6. The summed E-state index contributed by atoms with van der Waals surface area (Å²) >= 11 is 0. The van der Waals surface area contributed by atoms with E-state index in [9.17, 15) is 18.4 Å². The molecule has 1 aromatic rings. The van der Waals surface area contributed by atoms with Gasteiger partial charge >= 0.3 is 5.97 Å². The summed E-state index contributed by atoms with van der Waals surface area (Å²) in [5.74, 6) is -4.27. The predicted octanol–water partition coefficient (Wildman–Crippen LogP) is 1.65. The van der Waals surface area contributed by atoms with Gasteiger partial charge in [0, 0.05) is 0 Å². The largest absolute Gasteiger partial charge is 0.481 e. The summed E-state index contributed by atoms with van der Waals surface area (Å²) in [5.41, 5.74) is 5.53. The van der Waals surface area contributed by atoms with Crippen LogP contribution in [0.2, 0.25) is 0 Å². The van der Waals surface area contributed by atoms with Crippen molar-refractivity contribution in [3.8, 4) is 0 Å². The van der Waals surface area contributed by atoms with Crippen molar-refractivity contribution in [2.45, 2.75) is 25.3 Å². The minimum atomic E-state index is -2.32. The van der Waals surface area contributed by atoms with Crippen LogP contribution in [0, 0.1) is 5.92 Å². The first-order chi connectivity index (χ1) is 8.86. The molecule has 1 rings (SSSR count). The Labute approximate surface area is 109 Å². The van der Waals surface area contributed by atoms with Gasteiger partial charge in [0.15, 0.2) is 12.0 Å². The van der Waals surface area contributed by atoms with E-state index in [2.05, 4.69) is 0 Å². The van der Waals surface area contributed by atoms with Gasteiger partial charge in [0.2, 0.25) is 0 Å². The van der Waals surface area contributed by atoms with E-state index in [0.717, 1.165) is 6.92 Å². The zero-order valence-corrected chi connectivity index (χ0v) is 10.3. The van der Waals surface area contributed by atoms with Crippen LogP contribution in [0.5, 0.6) is 0 Å². The summed E-state index contributed by atoms with van der Waals surface area (Å²) < 4.78 is 27.5. The topological polar surface area (TPSA) is 80.4 Å². The van der Waals surface area contributed by atoms with Gasteiger partial charge in [0.25, 0.3) is 0 Å². The lowest BCUT2D eigenvalue weighted by Crippen LogP contribution is -2.43. The number of ketones is 1. The Balaban J connectivity index is 2.80. The van der Waals surface area contributed by atoms with Crippen LogP contribution >= 0.6 is 0 Å². The monoisotopic (exact) mass is 271 g/mol. The number of aliphatic carboxylic acids is 1. The number of carbonyl (C=O) groups is 2. The van der Waals surface area contributed by atoms with E-state index in [0.29, 0.717) is 0 Å². The van der Waals surface area contributed by atoms with E-state index in [-0.39, 0.29) is 5.56 Å². The molecule has 4 nitrogen and oxygen atoms in total. The van der Waals surface area contributed by atoms with Crippen molar-refractivity contribution in [3.63, 3.8) is 0 Å². The van der Waals surface area contributed by atoms with Gasteiger partial charge in [-0.25, -0.2) is 8.78 Å². The molecule has 0 fully saturated rings. The Kier molecular flexibility index (Phi) is 5.11. The highest BCUT2D eigenvalue weighted by molar-refractivity contribution is 5.92. The van der Waals surface area contributed by atoms with Crippen LogP contribution in [0.15, 0.2) is 30.3 Å². The SMILES string of the molecule is CC(C(=O)O)C(F)C(=O)C(N)C(F)c1ccccc1. The van der Waals surface area contributed by atoms with Gasteiger partial charge in [-0.15, -0.1) is 0 Å². The van der Waals surface area contributed by atoms with E-state index in [1.807, 2.05) is 0 Å². The maximum atomic E-state index is 13.9. The third-order valence-electron chi connectivity index (χ3n) is 2.86. The van der Waals surface area contributed by atoms with Crippen molar-refractivity contribution in [2.75, 3.05) is 0 Å². The first-order valence-corrected chi connectivity index (χ1v) is 5.71. The molecule has 4 atom stereocenters. The molecule has 0 heterocycles. The summed E-state index contributed by atoms with van der Waals surface area (Å²) in [6.45, 7) is 1.04. The molecule has 0 aromatic heterocycles. The zero-order chi connectivity index (χ0) is 14.6. The number of benzene rings is 1. The van der Waals surface area contributed by atoms with E-state index >= 15 is 0 Å². The molecule has 0 amide bonds. The molecular formula is C13H15F2NO3. The maximum Gasteiger partial charge on any atom is 0.309 e. The molecule has 0 spiro atoms. The Bertz CT molecular complexity index is 452. The summed E-state index contributed by atoms with van der Waals surface area (Å²) in [6, 6.07) is 5.91. The number of carboxylic acid groups (broad SMARTS) is 1. The highest BCUT2D eigenvalue weighted by Crippen LogP contribution is 2.23. The van der Waals surface area contributed by atoms with Crippen LogP contribution in [0.4, 0.5) is 8.78 Å². The lowest BCUT2D eigenvalue weighted by molar-refractivity contribution is -0.147. The predicted molar refractivity (Wildman–Crippen MR) is 65.0 cm³/mol. The van der Waals surface area contributed by atoms with Crippen molar-refractivity contribution < 1.29 is 23.5 Å². The zero-order valence-electron chi connectivity index (χ0n) is 10.3. The summed E-state index contributed by atoms with van der Waals surface area (Å²) in [5, 5.41) is 8.61. The number of alkyl halides is 2. The highest BCUT2D eigenvalue weighted by atomic mass is 19.1. The lowest BCUT2D eigenvalue weighted by Gasteiger charge is -2.19. The molecule has 0 radical (unpaired) electrons. The summed E-state index contributed by atoms with van der Waals surface area (Å²) in [4.78, 5) is 22.2. The average Bonchev–Trinajstić information content (AvgIpc) is 2.44. The molecule has 104 valence electrons. The number of halogens is 2. The van der Waals surface area contributed by atoms with Gasteiger partial charge in [0.1, 0.15) is 12.2 Å². The Morgan fingerprint density at radius 3 is 2.21 bits per heavy atom. The summed E-state index contributed by atoms with van der Waals surface area (Å²) in [7, 11) is 0. The van der Waals surface area contributed by atoms with Crippen LogP contribution in [0.25, 0.3) is 0 Å². The van der Waals surface area contributed by atoms with Crippen LogP contribution in [0.3, 0.4) is 0 Å². The second-order valence-corrected chi connectivity index (χ2v) is 4.27. The average molecular weight is 271 g/mol. The molecule has 6 heteroatoms. The second-order valence-electron chi connectivity index (χ2n) is 4.27. The molecule has 0 aliphatic heterocycles. The molecule has 3 N–H and O–H groups in total. The molecule has 0 aliphatic rings. The molecule has 4 unspecified atom stereocenters. The molecule has 19 heavy (non-hydrogen) atoms. The number of carboxylic acids is 1. The first-order valence-electron chi connectivity index (χ1n) is 5.71. The van der Waals surface area contributed by atoms with Gasteiger partial charge in [-0.1, -0.05) is 30.3 Å². The van der Waals surface area contributed by atoms with Crippen LogP contribution in [-0.4, -0.2) is 29.1 Å². The van der Waals surface area contributed by atoms with Crippen molar-refractivity contribution in [1.82, 2.24) is 0 Å². The fourth-order valence-electron chi connectivity index (χ4n) is 1.54. The van der Waals surface area contributed by atoms with Gasteiger partial charge in [-0.3, -0.25) is 9.59 Å². The molecular weight excluding hydrogens is 256 g/mol. The Morgan fingerprint density at radius 1 is 1.21 bits per heavy atom. The smallest absolute Gasteiger partial charge is 0.309 e. The molecule has 1 aromatic carbocycles. The van der Waals surface area contributed by atoms with Crippen molar-refractivity contribution in [1.29, 1.82) is 0 Å². The van der Waals surface area contributed by atoms with E-state index in [4.69, 9.17) is 10.8 Å². The van der Waals surface area contributed by atoms with Gasteiger partial charge in [0.05, 0.1) is 5.92 Å². The number of Topliss-reactive ketones (excluding diaryl/α,β-unsaturated/α-hetero) is 1. The van der Waals surface area contributed by atoms with Crippen molar-refractivity contribution in [3.05, 3.63) is 35.9 Å². The van der Waals surface area contributed by atoms with E-state index < -0.39 is 36.1 Å². The highest BCUT2D eigenvalue weighted by Gasteiger charge is 2.37. The number of nitrogens with two attached hydrogens (primary N) is 1. The Morgan fingerprint density at radius 2 is 1.74 bits per heavy atom. The van der Waals surface area contributed by atoms with Crippen LogP contribution < -0.4 is 5.73 Å². The van der Waals surface area contributed by atoms with Crippen molar-refractivity contribution in [2.24, 2.45) is 11.7 Å². The molecule has 0 aliphatic carbocycles. The summed E-state index contributed by atoms with van der Waals surface area (Å²) in [6.07, 6.45) is -4.19. The minimum absolute atomic E-state index is 0.151. The maximum absolute atomic E-state index is 13.9. The normalized spacial score (nSPS) is 17.3. The second kappa shape index (κ2) is 6.38. The lowest BCUT2D eigenvalue weighted by atomic mass is 9.93. The fourth-order valence-corrected chi connectivity index (χ4v) is 1.54.